The van der Waals surface area contributed by atoms with Gasteiger partial charge in [0.15, 0.2) is 5.11 Å². The third kappa shape index (κ3) is 5.05. The van der Waals surface area contributed by atoms with Gasteiger partial charge in [-0.1, -0.05) is 30.3 Å². The summed E-state index contributed by atoms with van der Waals surface area (Å²) < 4.78 is 5.24. The fourth-order valence-electron chi connectivity index (χ4n) is 1.96. The Morgan fingerprint density at radius 1 is 1.20 bits per heavy atom. The van der Waals surface area contributed by atoms with E-state index in [1.165, 1.54) is 5.56 Å². The zero-order valence-electron chi connectivity index (χ0n) is 11.6. The molecule has 1 aromatic heterocycles. The standard InChI is InChI=1S/C16H20N2OS/c1-13(9-10-14-6-3-2-4-7-14)18-16(20)17-12-15-8-5-11-19-15/h2-8,11,13H,9-10,12H2,1H3,(H2,17,18,20)/t13-/m1/s1. The molecular formula is C16H20N2OS. The maximum absolute atomic E-state index is 5.27. The lowest BCUT2D eigenvalue weighted by atomic mass is 10.1. The molecule has 0 fully saturated rings. The summed E-state index contributed by atoms with van der Waals surface area (Å²) in [5.74, 6) is 0.881. The van der Waals surface area contributed by atoms with E-state index in [9.17, 15) is 0 Å². The predicted octanol–water partition coefficient (Wildman–Crippen LogP) is 3.27. The van der Waals surface area contributed by atoms with Gasteiger partial charge >= 0.3 is 0 Å². The van der Waals surface area contributed by atoms with Crippen molar-refractivity contribution in [3.63, 3.8) is 0 Å². The SMILES string of the molecule is C[C@H](CCc1ccccc1)NC(=S)NCc1ccco1. The molecule has 3 nitrogen and oxygen atoms in total. The molecule has 0 aliphatic carbocycles. The van der Waals surface area contributed by atoms with Crippen molar-refractivity contribution in [2.45, 2.75) is 32.4 Å². The van der Waals surface area contributed by atoms with E-state index in [2.05, 4.69) is 41.8 Å². The molecule has 0 amide bonds. The van der Waals surface area contributed by atoms with Crippen LogP contribution in [0.25, 0.3) is 0 Å². The largest absolute Gasteiger partial charge is 0.467 e. The third-order valence-electron chi connectivity index (χ3n) is 3.09. The molecule has 0 bridgehead atoms. The highest BCUT2D eigenvalue weighted by molar-refractivity contribution is 7.80. The lowest BCUT2D eigenvalue weighted by Gasteiger charge is -2.16. The predicted molar refractivity (Wildman–Crippen MR) is 85.5 cm³/mol. The van der Waals surface area contributed by atoms with Crippen molar-refractivity contribution < 1.29 is 4.42 Å². The van der Waals surface area contributed by atoms with Crippen molar-refractivity contribution in [3.05, 3.63) is 60.1 Å². The fourth-order valence-corrected chi connectivity index (χ4v) is 2.23. The second kappa shape index (κ2) is 7.70. The lowest BCUT2D eigenvalue weighted by molar-refractivity contribution is 0.500. The first-order valence-electron chi connectivity index (χ1n) is 6.84. The summed E-state index contributed by atoms with van der Waals surface area (Å²) in [4.78, 5) is 0. The number of nitrogens with one attached hydrogen (secondary N) is 2. The molecule has 1 atom stereocenters. The fraction of sp³-hybridized carbons (Fsp3) is 0.312. The molecule has 20 heavy (non-hydrogen) atoms. The molecular weight excluding hydrogens is 268 g/mol. The van der Waals surface area contributed by atoms with Crippen LogP contribution in [-0.2, 0) is 13.0 Å². The number of hydrogen-bond acceptors (Lipinski definition) is 2. The number of benzene rings is 1. The van der Waals surface area contributed by atoms with E-state index in [-0.39, 0.29) is 0 Å². The van der Waals surface area contributed by atoms with E-state index >= 15 is 0 Å². The number of thiocarbonyl (C=S) groups is 1. The molecule has 4 heteroatoms. The summed E-state index contributed by atoms with van der Waals surface area (Å²) in [6.07, 6.45) is 3.76. The minimum Gasteiger partial charge on any atom is -0.467 e. The Balaban J connectivity index is 1.66. The van der Waals surface area contributed by atoms with Crippen LogP contribution in [0.5, 0.6) is 0 Å². The first-order chi connectivity index (χ1) is 9.74. The zero-order valence-corrected chi connectivity index (χ0v) is 12.5. The number of furan rings is 1. The second-order valence-corrected chi connectivity index (χ2v) is 5.24. The van der Waals surface area contributed by atoms with Crippen LogP contribution in [0.15, 0.2) is 53.1 Å². The highest BCUT2D eigenvalue weighted by Crippen LogP contribution is 2.05. The second-order valence-electron chi connectivity index (χ2n) is 4.83. The summed E-state index contributed by atoms with van der Waals surface area (Å²) in [6, 6.07) is 14.6. The average Bonchev–Trinajstić information content (AvgIpc) is 2.97. The Morgan fingerprint density at radius 2 is 2.00 bits per heavy atom. The van der Waals surface area contributed by atoms with Crippen molar-refractivity contribution in [1.29, 1.82) is 0 Å². The number of aryl methyl sites for hydroxylation is 1. The van der Waals surface area contributed by atoms with E-state index in [0.717, 1.165) is 18.6 Å². The number of hydrogen-bond donors (Lipinski definition) is 2. The van der Waals surface area contributed by atoms with Gasteiger partial charge in [0, 0.05) is 6.04 Å². The van der Waals surface area contributed by atoms with Crippen LogP contribution < -0.4 is 10.6 Å². The van der Waals surface area contributed by atoms with Crippen molar-refractivity contribution in [2.75, 3.05) is 0 Å². The molecule has 1 aromatic carbocycles. The van der Waals surface area contributed by atoms with Crippen molar-refractivity contribution in [2.24, 2.45) is 0 Å². The molecule has 0 aliphatic rings. The molecule has 1 heterocycles. The average molecular weight is 288 g/mol. The van der Waals surface area contributed by atoms with Gasteiger partial charge < -0.3 is 15.1 Å². The Morgan fingerprint density at radius 3 is 2.70 bits per heavy atom. The van der Waals surface area contributed by atoms with Crippen molar-refractivity contribution in [3.8, 4) is 0 Å². The Hall–Kier alpha value is -1.81. The van der Waals surface area contributed by atoms with E-state index in [1.807, 2.05) is 18.2 Å². The Kier molecular flexibility index (Phi) is 5.62. The molecule has 2 rings (SSSR count). The molecule has 0 saturated heterocycles. The highest BCUT2D eigenvalue weighted by Gasteiger charge is 2.05. The summed E-state index contributed by atoms with van der Waals surface area (Å²) in [5.41, 5.74) is 1.36. The summed E-state index contributed by atoms with van der Waals surface area (Å²) in [7, 11) is 0. The van der Waals surface area contributed by atoms with Crippen LogP contribution in [0.3, 0.4) is 0 Å². The van der Waals surface area contributed by atoms with Gasteiger partial charge in [-0.05, 0) is 49.7 Å². The quantitative estimate of drug-likeness (QED) is 0.800. The molecule has 106 valence electrons. The topological polar surface area (TPSA) is 37.2 Å². The van der Waals surface area contributed by atoms with Crippen LogP contribution in [0.4, 0.5) is 0 Å². The molecule has 2 aromatic rings. The molecule has 2 N–H and O–H groups in total. The molecule has 0 spiro atoms. The van der Waals surface area contributed by atoms with E-state index in [4.69, 9.17) is 16.6 Å². The Labute approximate surface area is 125 Å². The van der Waals surface area contributed by atoms with Crippen LogP contribution in [0.2, 0.25) is 0 Å². The summed E-state index contributed by atoms with van der Waals surface area (Å²) >= 11 is 5.27. The van der Waals surface area contributed by atoms with Crippen molar-refractivity contribution in [1.82, 2.24) is 10.6 Å². The Bertz CT molecular complexity index is 511. The van der Waals surface area contributed by atoms with E-state index < -0.39 is 0 Å². The first kappa shape index (κ1) is 14.6. The van der Waals surface area contributed by atoms with Gasteiger partial charge in [0.05, 0.1) is 12.8 Å². The van der Waals surface area contributed by atoms with Crippen LogP contribution >= 0.6 is 12.2 Å². The van der Waals surface area contributed by atoms with Gasteiger partial charge in [-0.25, -0.2) is 0 Å². The molecule has 0 radical (unpaired) electrons. The van der Waals surface area contributed by atoms with Gasteiger partial charge in [-0.3, -0.25) is 0 Å². The maximum atomic E-state index is 5.27. The normalized spacial score (nSPS) is 11.8. The third-order valence-corrected chi connectivity index (χ3v) is 3.35. The smallest absolute Gasteiger partial charge is 0.166 e. The van der Waals surface area contributed by atoms with Crippen LogP contribution in [-0.4, -0.2) is 11.2 Å². The van der Waals surface area contributed by atoms with E-state index in [0.29, 0.717) is 17.7 Å². The van der Waals surface area contributed by atoms with Crippen molar-refractivity contribution >= 4 is 17.3 Å². The molecule has 0 aliphatic heterocycles. The summed E-state index contributed by atoms with van der Waals surface area (Å²) in [5, 5.41) is 7.10. The molecule has 0 saturated carbocycles. The highest BCUT2D eigenvalue weighted by atomic mass is 32.1. The lowest BCUT2D eigenvalue weighted by Crippen LogP contribution is -2.40. The minimum absolute atomic E-state index is 0.340. The maximum Gasteiger partial charge on any atom is 0.166 e. The van der Waals surface area contributed by atoms with Crippen LogP contribution in [0.1, 0.15) is 24.7 Å². The van der Waals surface area contributed by atoms with E-state index in [1.54, 1.807) is 6.26 Å². The van der Waals surface area contributed by atoms with Gasteiger partial charge in [0.1, 0.15) is 5.76 Å². The van der Waals surface area contributed by atoms with Crippen LogP contribution in [0, 0.1) is 0 Å². The monoisotopic (exact) mass is 288 g/mol. The number of rotatable bonds is 6. The molecule has 0 unspecified atom stereocenters. The van der Waals surface area contributed by atoms with Gasteiger partial charge in [0.25, 0.3) is 0 Å². The van der Waals surface area contributed by atoms with Gasteiger partial charge in [0.2, 0.25) is 0 Å². The minimum atomic E-state index is 0.340. The van der Waals surface area contributed by atoms with Gasteiger partial charge in [-0.2, -0.15) is 0 Å². The first-order valence-corrected chi connectivity index (χ1v) is 7.25. The summed E-state index contributed by atoms with van der Waals surface area (Å²) in [6.45, 7) is 2.76. The van der Waals surface area contributed by atoms with Gasteiger partial charge in [-0.15, -0.1) is 0 Å². The zero-order chi connectivity index (χ0) is 14.2.